The molecular formula is C15H26N2O3. The van der Waals surface area contributed by atoms with Gasteiger partial charge in [-0.1, -0.05) is 13.8 Å². The number of rotatable bonds is 4. The quantitative estimate of drug-likeness (QED) is 0.831. The maximum absolute atomic E-state index is 12.2. The number of hydrogen-bond acceptors (Lipinski definition) is 2. The van der Waals surface area contributed by atoms with Crippen LogP contribution in [0.4, 0.5) is 4.79 Å². The maximum Gasteiger partial charge on any atom is 0.317 e. The van der Waals surface area contributed by atoms with Gasteiger partial charge >= 0.3 is 12.0 Å². The minimum Gasteiger partial charge on any atom is -0.481 e. The lowest BCUT2D eigenvalue weighted by molar-refractivity contribution is -0.137. The van der Waals surface area contributed by atoms with Crippen molar-refractivity contribution in [3.8, 4) is 0 Å². The zero-order valence-electron chi connectivity index (χ0n) is 12.5. The van der Waals surface area contributed by atoms with Gasteiger partial charge in [0.2, 0.25) is 0 Å². The number of carboxylic acid groups (broad SMARTS) is 1. The fourth-order valence-electron chi connectivity index (χ4n) is 3.40. The molecule has 0 aromatic carbocycles. The van der Waals surface area contributed by atoms with Crippen LogP contribution < -0.4 is 5.32 Å². The molecule has 4 atom stereocenters. The predicted molar refractivity (Wildman–Crippen MR) is 76.4 cm³/mol. The Labute approximate surface area is 120 Å². The van der Waals surface area contributed by atoms with Crippen LogP contribution in [0.5, 0.6) is 0 Å². The number of carbonyl (C=O) groups is 2. The summed E-state index contributed by atoms with van der Waals surface area (Å²) in [5, 5.41) is 11.9. The van der Waals surface area contributed by atoms with E-state index in [2.05, 4.69) is 19.2 Å². The van der Waals surface area contributed by atoms with Gasteiger partial charge in [-0.2, -0.15) is 0 Å². The van der Waals surface area contributed by atoms with E-state index >= 15 is 0 Å². The van der Waals surface area contributed by atoms with Crippen LogP contribution in [0.2, 0.25) is 0 Å². The lowest BCUT2D eigenvalue weighted by Crippen LogP contribution is -2.45. The molecule has 2 N–H and O–H groups in total. The first-order chi connectivity index (χ1) is 9.47. The first kappa shape index (κ1) is 15.1. The first-order valence-electron chi connectivity index (χ1n) is 7.74. The summed E-state index contributed by atoms with van der Waals surface area (Å²) in [7, 11) is 0. The van der Waals surface area contributed by atoms with Crippen LogP contribution in [0.1, 0.15) is 46.0 Å². The first-order valence-corrected chi connectivity index (χ1v) is 7.74. The van der Waals surface area contributed by atoms with E-state index in [1.54, 1.807) is 0 Å². The number of hydrogen-bond donors (Lipinski definition) is 2. The molecule has 1 heterocycles. The molecule has 1 aliphatic carbocycles. The van der Waals surface area contributed by atoms with E-state index in [4.69, 9.17) is 5.11 Å². The van der Waals surface area contributed by atoms with Crippen molar-refractivity contribution >= 4 is 12.0 Å². The largest absolute Gasteiger partial charge is 0.481 e. The molecule has 5 heteroatoms. The van der Waals surface area contributed by atoms with Gasteiger partial charge < -0.3 is 15.3 Å². The molecular weight excluding hydrogens is 256 g/mol. The minimum atomic E-state index is -0.748. The summed E-state index contributed by atoms with van der Waals surface area (Å²) in [5.41, 5.74) is 0. The van der Waals surface area contributed by atoms with Crippen molar-refractivity contribution in [3.05, 3.63) is 0 Å². The van der Waals surface area contributed by atoms with E-state index in [1.165, 1.54) is 6.42 Å². The summed E-state index contributed by atoms with van der Waals surface area (Å²) >= 11 is 0. The van der Waals surface area contributed by atoms with Gasteiger partial charge in [-0.25, -0.2) is 4.79 Å². The molecule has 1 aliphatic heterocycles. The number of urea groups is 1. The van der Waals surface area contributed by atoms with Crippen LogP contribution in [0.3, 0.4) is 0 Å². The third kappa shape index (κ3) is 3.64. The average molecular weight is 282 g/mol. The molecule has 5 nitrogen and oxygen atoms in total. The van der Waals surface area contributed by atoms with Crippen molar-refractivity contribution in [3.63, 3.8) is 0 Å². The standard InChI is InChI=1S/C15H26N2O3/c1-10-3-5-13(11(10)2)16-15(20)17-8-7-12(9-17)4-6-14(18)19/h10-13H,3-9H2,1-2H3,(H,16,20)(H,18,19). The summed E-state index contributed by atoms with van der Waals surface area (Å²) in [5.74, 6) is 0.824. The normalized spacial score (nSPS) is 33.4. The molecule has 114 valence electrons. The number of nitrogens with one attached hydrogen (secondary N) is 1. The second-order valence-corrected chi connectivity index (χ2v) is 6.50. The summed E-state index contributed by atoms with van der Waals surface area (Å²) < 4.78 is 0. The van der Waals surface area contributed by atoms with E-state index in [0.29, 0.717) is 36.8 Å². The average Bonchev–Trinajstić information content (AvgIpc) is 2.98. The maximum atomic E-state index is 12.2. The fraction of sp³-hybridized carbons (Fsp3) is 0.867. The topological polar surface area (TPSA) is 69.6 Å². The van der Waals surface area contributed by atoms with Crippen LogP contribution in [0.25, 0.3) is 0 Å². The van der Waals surface area contributed by atoms with Gasteiger partial charge in [0.15, 0.2) is 0 Å². The molecule has 1 saturated heterocycles. The Morgan fingerprint density at radius 1 is 1.25 bits per heavy atom. The van der Waals surface area contributed by atoms with Gasteiger partial charge in [-0.15, -0.1) is 0 Å². The van der Waals surface area contributed by atoms with E-state index in [0.717, 1.165) is 19.4 Å². The highest BCUT2D eigenvalue weighted by Gasteiger charge is 2.33. The highest BCUT2D eigenvalue weighted by Crippen LogP contribution is 2.31. The van der Waals surface area contributed by atoms with Crippen LogP contribution in [0, 0.1) is 17.8 Å². The SMILES string of the molecule is CC1CCC(NC(=O)N2CCC(CCC(=O)O)C2)C1C. The second-order valence-electron chi connectivity index (χ2n) is 6.50. The molecule has 20 heavy (non-hydrogen) atoms. The molecule has 2 amide bonds. The highest BCUT2D eigenvalue weighted by atomic mass is 16.4. The summed E-state index contributed by atoms with van der Waals surface area (Å²) in [6.45, 7) is 5.92. The Morgan fingerprint density at radius 3 is 2.60 bits per heavy atom. The van der Waals surface area contributed by atoms with E-state index < -0.39 is 5.97 Å². The minimum absolute atomic E-state index is 0.0359. The van der Waals surface area contributed by atoms with Crippen molar-refractivity contribution in [2.24, 2.45) is 17.8 Å². The van der Waals surface area contributed by atoms with Crippen molar-refractivity contribution in [2.75, 3.05) is 13.1 Å². The van der Waals surface area contributed by atoms with Gasteiger partial charge in [0.05, 0.1) is 0 Å². The fourth-order valence-corrected chi connectivity index (χ4v) is 3.40. The molecule has 2 fully saturated rings. The number of aliphatic carboxylic acids is 1. The number of nitrogens with zero attached hydrogens (tertiary/aromatic N) is 1. The molecule has 0 bridgehead atoms. The lowest BCUT2D eigenvalue weighted by atomic mass is 9.98. The predicted octanol–water partition coefficient (Wildman–Crippen LogP) is 2.32. The van der Waals surface area contributed by atoms with Crippen LogP contribution in [-0.2, 0) is 4.79 Å². The van der Waals surface area contributed by atoms with Crippen molar-refractivity contribution < 1.29 is 14.7 Å². The van der Waals surface area contributed by atoms with Crippen LogP contribution in [0.15, 0.2) is 0 Å². The molecule has 2 aliphatic rings. The Hall–Kier alpha value is -1.26. The van der Waals surface area contributed by atoms with Gasteiger partial charge in [0.1, 0.15) is 0 Å². The Bertz CT molecular complexity index is 372. The summed E-state index contributed by atoms with van der Waals surface area (Å²) in [6.07, 6.45) is 4.07. The number of likely N-dealkylation sites (tertiary alicyclic amines) is 1. The molecule has 4 unspecified atom stereocenters. The molecule has 0 spiro atoms. The number of amides is 2. The monoisotopic (exact) mass is 282 g/mol. The van der Waals surface area contributed by atoms with Crippen molar-refractivity contribution in [1.82, 2.24) is 10.2 Å². The zero-order valence-corrected chi connectivity index (χ0v) is 12.5. The molecule has 0 aromatic rings. The van der Waals surface area contributed by atoms with Crippen molar-refractivity contribution in [1.29, 1.82) is 0 Å². The summed E-state index contributed by atoms with van der Waals surface area (Å²) in [6, 6.07) is 0.337. The Kier molecular flexibility index (Phi) is 4.89. The molecule has 0 aromatic heterocycles. The molecule has 0 radical (unpaired) electrons. The van der Waals surface area contributed by atoms with E-state index in [9.17, 15) is 9.59 Å². The summed E-state index contributed by atoms with van der Waals surface area (Å²) in [4.78, 5) is 24.7. The Morgan fingerprint density at radius 2 is 2.00 bits per heavy atom. The van der Waals surface area contributed by atoms with Crippen LogP contribution >= 0.6 is 0 Å². The van der Waals surface area contributed by atoms with Gasteiger partial charge in [0.25, 0.3) is 0 Å². The smallest absolute Gasteiger partial charge is 0.317 e. The Balaban J connectivity index is 1.75. The van der Waals surface area contributed by atoms with Crippen molar-refractivity contribution in [2.45, 2.75) is 52.0 Å². The van der Waals surface area contributed by atoms with Gasteiger partial charge in [-0.3, -0.25) is 4.79 Å². The number of carboxylic acids is 1. The zero-order chi connectivity index (χ0) is 14.7. The van der Waals surface area contributed by atoms with Gasteiger partial charge in [0, 0.05) is 25.6 Å². The second kappa shape index (κ2) is 6.46. The highest BCUT2D eigenvalue weighted by molar-refractivity contribution is 5.75. The van der Waals surface area contributed by atoms with E-state index in [1.807, 2.05) is 4.90 Å². The van der Waals surface area contributed by atoms with Crippen LogP contribution in [-0.4, -0.2) is 41.1 Å². The number of carbonyl (C=O) groups excluding carboxylic acids is 1. The van der Waals surface area contributed by atoms with E-state index in [-0.39, 0.29) is 12.5 Å². The third-order valence-corrected chi connectivity index (χ3v) is 5.11. The lowest BCUT2D eigenvalue weighted by Gasteiger charge is -2.24. The third-order valence-electron chi connectivity index (χ3n) is 5.11. The molecule has 2 rings (SSSR count). The van der Waals surface area contributed by atoms with Gasteiger partial charge in [-0.05, 0) is 43.4 Å². The molecule has 1 saturated carbocycles.